The van der Waals surface area contributed by atoms with Crippen molar-refractivity contribution in [1.82, 2.24) is 0 Å². The van der Waals surface area contributed by atoms with Gasteiger partial charge in [-0.1, -0.05) is 13.8 Å². The lowest BCUT2D eigenvalue weighted by Crippen LogP contribution is -1.87. The molecule has 140 valence electrons. The summed E-state index contributed by atoms with van der Waals surface area (Å²) in [5, 5.41) is 0. The highest BCUT2D eigenvalue weighted by Gasteiger charge is 2.15. The molecule has 0 aromatic carbocycles. The second-order valence-corrected chi connectivity index (χ2v) is 11.7. The summed E-state index contributed by atoms with van der Waals surface area (Å²) in [7, 11) is 0. The Morgan fingerprint density at radius 3 is 0.929 bits per heavy atom. The number of hydrogen-bond acceptors (Lipinski definition) is 4. The summed E-state index contributed by atoms with van der Waals surface area (Å²) in [4.78, 5) is 11.0. The minimum atomic E-state index is 0.445. The van der Waals surface area contributed by atoms with Gasteiger partial charge in [0.1, 0.15) is 0 Å². The zero-order chi connectivity index (χ0) is 19.1. The standard InChI is InChI=1S/C24H20S4/c1-15-21-11-7-17(25-21)3-5-19-9-13-23(27-19)16(2)24-14-10-20(28-24)6-4-18-8-12-22(15)26-18/h3-16H,1-2H3/b5-3+,6-4+. The van der Waals surface area contributed by atoms with Crippen LogP contribution >= 0.6 is 45.3 Å². The van der Waals surface area contributed by atoms with Crippen molar-refractivity contribution in [3.8, 4) is 0 Å². The molecular formula is C24H20S4. The van der Waals surface area contributed by atoms with Crippen LogP contribution in [0, 0.1) is 0 Å². The van der Waals surface area contributed by atoms with Gasteiger partial charge in [-0.3, -0.25) is 0 Å². The predicted molar refractivity (Wildman–Crippen MR) is 130 cm³/mol. The Hall–Kier alpha value is -1.72. The number of fused-ring (bicyclic) bond motifs is 8. The molecule has 5 heterocycles. The third-order valence-corrected chi connectivity index (χ3v) is 10.1. The van der Waals surface area contributed by atoms with E-state index in [1.54, 1.807) is 0 Å². The molecular weight excluding hydrogens is 417 g/mol. The summed E-state index contributed by atoms with van der Waals surface area (Å²) in [6.45, 7) is 4.63. The molecule has 0 spiro atoms. The molecule has 4 heteroatoms. The largest absolute Gasteiger partial charge is 0.140 e. The normalized spacial score (nSPS) is 21.1. The maximum Gasteiger partial charge on any atom is 0.0273 e. The van der Waals surface area contributed by atoms with Crippen molar-refractivity contribution in [2.75, 3.05) is 0 Å². The van der Waals surface area contributed by atoms with E-state index in [9.17, 15) is 0 Å². The molecule has 0 aliphatic carbocycles. The SMILES string of the molecule is CC1c2ccc(s2)/C=C/c2ccc(s2)C(C)c2ccc(s2)/C=C/c2ccc1s2. The van der Waals surface area contributed by atoms with Crippen LogP contribution in [0.2, 0.25) is 0 Å². The Kier molecular flexibility index (Phi) is 4.97. The van der Waals surface area contributed by atoms with Crippen molar-refractivity contribution in [2.45, 2.75) is 25.7 Å². The second-order valence-electron chi connectivity index (χ2n) is 7.07. The zero-order valence-electron chi connectivity index (χ0n) is 15.7. The molecule has 28 heavy (non-hydrogen) atoms. The zero-order valence-corrected chi connectivity index (χ0v) is 19.0. The Labute approximate surface area is 182 Å². The molecule has 4 aromatic heterocycles. The minimum absolute atomic E-state index is 0.445. The highest BCUT2D eigenvalue weighted by molar-refractivity contribution is 7.15. The molecule has 0 atom stereocenters. The summed E-state index contributed by atoms with van der Waals surface area (Å²) in [6, 6.07) is 18.1. The lowest BCUT2D eigenvalue weighted by molar-refractivity contribution is 0.976. The smallest absolute Gasteiger partial charge is 0.0273 e. The molecule has 0 saturated heterocycles. The van der Waals surface area contributed by atoms with E-state index >= 15 is 0 Å². The van der Waals surface area contributed by atoms with E-state index in [-0.39, 0.29) is 0 Å². The average molecular weight is 437 g/mol. The lowest BCUT2D eigenvalue weighted by Gasteiger charge is -2.06. The van der Waals surface area contributed by atoms with Gasteiger partial charge in [-0.2, -0.15) is 0 Å². The summed E-state index contributed by atoms with van der Waals surface area (Å²) < 4.78 is 0. The van der Waals surface area contributed by atoms with Gasteiger partial charge in [0.05, 0.1) is 0 Å². The minimum Gasteiger partial charge on any atom is -0.140 e. The van der Waals surface area contributed by atoms with Crippen LogP contribution in [0.1, 0.15) is 64.7 Å². The van der Waals surface area contributed by atoms with E-state index in [1.165, 1.54) is 39.0 Å². The lowest BCUT2D eigenvalue weighted by atomic mass is 10.1. The van der Waals surface area contributed by atoms with Crippen LogP contribution in [0.25, 0.3) is 24.3 Å². The fraction of sp³-hybridized carbons (Fsp3) is 0.167. The molecule has 1 aliphatic rings. The maximum atomic E-state index is 2.31. The summed E-state index contributed by atoms with van der Waals surface area (Å²) in [6.07, 6.45) is 9.04. The van der Waals surface area contributed by atoms with E-state index in [2.05, 4.69) is 86.7 Å². The van der Waals surface area contributed by atoms with Crippen LogP contribution in [-0.4, -0.2) is 0 Å². The first-order valence-corrected chi connectivity index (χ1v) is 12.7. The van der Waals surface area contributed by atoms with E-state index < -0.39 is 0 Å². The van der Waals surface area contributed by atoms with Crippen LogP contribution in [-0.2, 0) is 0 Å². The van der Waals surface area contributed by atoms with E-state index in [0.29, 0.717) is 11.8 Å². The first-order valence-electron chi connectivity index (χ1n) is 9.41. The predicted octanol–water partition coefficient (Wildman–Crippen LogP) is 8.89. The van der Waals surface area contributed by atoms with Gasteiger partial charge >= 0.3 is 0 Å². The van der Waals surface area contributed by atoms with Crippen LogP contribution in [0.15, 0.2) is 48.5 Å². The van der Waals surface area contributed by atoms with Crippen molar-refractivity contribution in [1.29, 1.82) is 0 Å². The Bertz CT molecular complexity index is 980. The summed E-state index contributed by atoms with van der Waals surface area (Å²) >= 11 is 7.61. The summed E-state index contributed by atoms with van der Waals surface area (Å²) in [5.41, 5.74) is 0. The van der Waals surface area contributed by atoms with Crippen molar-refractivity contribution >= 4 is 69.7 Å². The molecule has 1 aliphatic heterocycles. The van der Waals surface area contributed by atoms with Crippen molar-refractivity contribution < 1.29 is 0 Å². The number of hydrogen-bond donors (Lipinski definition) is 0. The molecule has 0 amide bonds. The molecule has 0 saturated carbocycles. The topological polar surface area (TPSA) is 0 Å². The summed E-state index contributed by atoms with van der Waals surface area (Å²) in [5.74, 6) is 0.890. The Balaban J connectivity index is 1.58. The average Bonchev–Trinajstić information content (AvgIpc) is 3.49. The van der Waals surface area contributed by atoms with Crippen molar-refractivity contribution in [2.24, 2.45) is 0 Å². The van der Waals surface area contributed by atoms with Gasteiger partial charge in [0.15, 0.2) is 0 Å². The van der Waals surface area contributed by atoms with Gasteiger partial charge in [-0.05, 0) is 72.8 Å². The molecule has 8 bridgehead atoms. The third kappa shape index (κ3) is 3.62. The van der Waals surface area contributed by atoms with Crippen molar-refractivity contribution in [3.63, 3.8) is 0 Å². The van der Waals surface area contributed by atoms with E-state index in [1.807, 2.05) is 45.3 Å². The fourth-order valence-electron chi connectivity index (χ4n) is 3.37. The Morgan fingerprint density at radius 2 is 0.679 bits per heavy atom. The van der Waals surface area contributed by atoms with Crippen LogP contribution in [0.5, 0.6) is 0 Å². The van der Waals surface area contributed by atoms with Gasteiger partial charge in [-0.15, -0.1) is 45.3 Å². The highest BCUT2D eigenvalue weighted by atomic mass is 32.1. The van der Waals surface area contributed by atoms with Crippen LogP contribution < -0.4 is 0 Å². The number of thiophene rings is 4. The van der Waals surface area contributed by atoms with Crippen LogP contribution in [0.3, 0.4) is 0 Å². The molecule has 0 unspecified atom stereocenters. The molecule has 0 fully saturated rings. The van der Waals surface area contributed by atoms with Crippen molar-refractivity contribution in [3.05, 3.63) is 87.5 Å². The molecule has 0 radical (unpaired) electrons. The van der Waals surface area contributed by atoms with Gasteiger partial charge < -0.3 is 0 Å². The Morgan fingerprint density at radius 1 is 0.429 bits per heavy atom. The molecule has 0 nitrogen and oxygen atoms in total. The molecule has 0 N–H and O–H groups in total. The fourth-order valence-corrected chi connectivity index (χ4v) is 7.46. The second kappa shape index (κ2) is 7.60. The number of rotatable bonds is 0. The van der Waals surface area contributed by atoms with Crippen LogP contribution in [0.4, 0.5) is 0 Å². The first-order chi connectivity index (χ1) is 13.7. The first kappa shape index (κ1) is 18.3. The van der Waals surface area contributed by atoms with Gasteiger partial charge in [-0.25, -0.2) is 0 Å². The third-order valence-electron chi connectivity index (χ3n) is 5.12. The highest BCUT2D eigenvalue weighted by Crippen LogP contribution is 2.37. The van der Waals surface area contributed by atoms with Gasteiger partial charge in [0, 0.05) is 50.9 Å². The van der Waals surface area contributed by atoms with E-state index in [0.717, 1.165) is 0 Å². The van der Waals surface area contributed by atoms with Gasteiger partial charge in [0.2, 0.25) is 0 Å². The monoisotopic (exact) mass is 436 g/mol. The maximum absolute atomic E-state index is 2.31. The van der Waals surface area contributed by atoms with E-state index in [4.69, 9.17) is 0 Å². The molecule has 5 rings (SSSR count). The molecule has 4 aromatic rings. The quantitative estimate of drug-likeness (QED) is 0.258. The van der Waals surface area contributed by atoms with Gasteiger partial charge in [0.25, 0.3) is 0 Å².